The lowest BCUT2D eigenvalue weighted by molar-refractivity contribution is 0.0990. The minimum atomic E-state index is 0.482. The fourth-order valence-corrected chi connectivity index (χ4v) is 2.90. The molecule has 0 radical (unpaired) electrons. The summed E-state index contributed by atoms with van der Waals surface area (Å²) < 4.78 is 2.17. The summed E-state index contributed by atoms with van der Waals surface area (Å²) in [6.07, 6.45) is 7.80. The molecule has 0 aliphatic heterocycles. The molecule has 0 saturated heterocycles. The lowest BCUT2D eigenvalue weighted by atomic mass is 9.67. The van der Waals surface area contributed by atoms with E-state index in [0.29, 0.717) is 16.6 Å². The van der Waals surface area contributed by atoms with Gasteiger partial charge in [-0.05, 0) is 49.1 Å². The van der Waals surface area contributed by atoms with Crippen LogP contribution in [0.5, 0.6) is 0 Å². The van der Waals surface area contributed by atoms with Gasteiger partial charge in [-0.15, -0.1) is 10.2 Å². The molecule has 3 rings (SSSR count). The molecule has 0 aromatic carbocycles. The van der Waals surface area contributed by atoms with Crippen molar-refractivity contribution in [3.8, 4) is 0 Å². The van der Waals surface area contributed by atoms with E-state index in [9.17, 15) is 0 Å². The molecule has 0 bridgehead atoms. The molecule has 1 aromatic rings. The van der Waals surface area contributed by atoms with Crippen molar-refractivity contribution >= 4 is 11.6 Å². The highest BCUT2D eigenvalue weighted by atomic mass is 35.5. The summed E-state index contributed by atoms with van der Waals surface area (Å²) in [4.78, 5) is 0. The highest BCUT2D eigenvalue weighted by molar-refractivity contribution is 6.28. The van der Waals surface area contributed by atoms with Crippen molar-refractivity contribution in [1.29, 1.82) is 0 Å². The van der Waals surface area contributed by atoms with E-state index in [4.69, 9.17) is 11.6 Å². The Hall–Kier alpha value is -0.570. The molecule has 1 aromatic heterocycles. The molecule has 2 fully saturated rings. The zero-order valence-corrected chi connectivity index (χ0v) is 10.5. The summed E-state index contributed by atoms with van der Waals surface area (Å²) in [5.74, 6) is 1.76. The smallest absolute Gasteiger partial charge is 0.225 e. The Kier molecular flexibility index (Phi) is 2.46. The van der Waals surface area contributed by atoms with E-state index < -0.39 is 0 Å². The van der Waals surface area contributed by atoms with Gasteiger partial charge in [0, 0.05) is 12.5 Å². The Bertz CT molecular complexity index is 385. The van der Waals surface area contributed by atoms with Gasteiger partial charge in [-0.25, -0.2) is 0 Å². The maximum atomic E-state index is 6.15. The Morgan fingerprint density at radius 2 is 2.12 bits per heavy atom. The summed E-state index contributed by atoms with van der Waals surface area (Å²) in [6, 6.07) is 0. The van der Waals surface area contributed by atoms with Crippen molar-refractivity contribution in [3.63, 3.8) is 0 Å². The Morgan fingerprint density at radius 3 is 2.62 bits per heavy atom. The minimum Gasteiger partial charge on any atom is -0.301 e. The van der Waals surface area contributed by atoms with E-state index in [1.54, 1.807) is 0 Å². The van der Waals surface area contributed by atoms with Crippen LogP contribution in [0.4, 0.5) is 0 Å². The molecule has 0 N–H and O–H groups in total. The van der Waals surface area contributed by atoms with Gasteiger partial charge in [-0.3, -0.25) is 0 Å². The van der Waals surface area contributed by atoms with Gasteiger partial charge in [0.15, 0.2) is 0 Å². The van der Waals surface area contributed by atoms with Gasteiger partial charge < -0.3 is 4.57 Å². The molecule has 4 heteroatoms. The first-order chi connectivity index (χ1) is 7.74. The average Bonchev–Trinajstić information content (AvgIpc) is 2.99. The van der Waals surface area contributed by atoms with Crippen molar-refractivity contribution in [2.45, 2.75) is 57.9 Å². The Balaban J connectivity index is 1.84. The first-order valence-electron chi connectivity index (χ1n) is 6.33. The van der Waals surface area contributed by atoms with E-state index in [1.165, 1.54) is 38.5 Å². The second-order valence-corrected chi connectivity index (χ2v) is 5.73. The molecule has 2 saturated carbocycles. The maximum Gasteiger partial charge on any atom is 0.225 e. The number of halogens is 1. The van der Waals surface area contributed by atoms with E-state index >= 15 is 0 Å². The molecular formula is C12H18ClN3. The Morgan fingerprint density at radius 1 is 1.38 bits per heavy atom. The van der Waals surface area contributed by atoms with E-state index in [1.807, 2.05) is 0 Å². The summed E-state index contributed by atoms with van der Waals surface area (Å²) in [7, 11) is 0. The van der Waals surface area contributed by atoms with Crippen molar-refractivity contribution in [1.82, 2.24) is 14.8 Å². The lowest BCUT2D eigenvalue weighted by Gasteiger charge is -2.41. The molecule has 2 aliphatic rings. The summed E-state index contributed by atoms with van der Waals surface area (Å²) in [6.45, 7) is 3.31. The second-order valence-electron chi connectivity index (χ2n) is 5.39. The van der Waals surface area contributed by atoms with Crippen molar-refractivity contribution in [3.05, 3.63) is 11.1 Å². The van der Waals surface area contributed by atoms with Crippen LogP contribution >= 0.6 is 11.6 Å². The molecule has 88 valence electrons. The van der Waals surface area contributed by atoms with Gasteiger partial charge in [0.1, 0.15) is 5.82 Å². The summed E-state index contributed by atoms with van der Waals surface area (Å²) in [5, 5.41) is 8.85. The van der Waals surface area contributed by atoms with Crippen LogP contribution in [0.15, 0.2) is 0 Å². The molecule has 0 unspecified atom stereocenters. The predicted octanol–water partition coefficient (Wildman–Crippen LogP) is 3.39. The monoisotopic (exact) mass is 239 g/mol. The van der Waals surface area contributed by atoms with Crippen molar-refractivity contribution in [2.75, 3.05) is 0 Å². The second kappa shape index (κ2) is 3.73. The quantitative estimate of drug-likeness (QED) is 0.807. The van der Waals surface area contributed by atoms with Crippen LogP contribution in [-0.4, -0.2) is 14.8 Å². The first kappa shape index (κ1) is 10.6. The van der Waals surface area contributed by atoms with E-state index in [0.717, 1.165) is 12.4 Å². The van der Waals surface area contributed by atoms with Gasteiger partial charge in [0.05, 0.1) is 0 Å². The third-order valence-electron chi connectivity index (χ3n) is 4.33. The van der Waals surface area contributed by atoms with Gasteiger partial charge in [0.25, 0.3) is 0 Å². The Labute approximate surface area is 101 Å². The van der Waals surface area contributed by atoms with Crippen LogP contribution in [0.1, 0.15) is 57.2 Å². The van der Waals surface area contributed by atoms with Gasteiger partial charge in [-0.2, -0.15) is 0 Å². The number of hydrogen-bond donors (Lipinski definition) is 0. The van der Waals surface area contributed by atoms with Crippen molar-refractivity contribution < 1.29 is 0 Å². The molecule has 2 aliphatic carbocycles. The van der Waals surface area contributed by atoms with E-state index in [2.05, 4.69) is 21.7 Å². The SMILES string of the molecule is CCC1(Cn2c(Cl)nnc2C2CC2)CCC1. The zero-order valence-electron chi connectivity index (χ0n) is 9.75. The highest BCUT2D eigenvalue weighted by Crippen LogP contribution is 2.47. The predicted molar refractivity (Wildman–Crippen MR) is 63.6 cm³/mol. The number of hydrogen-bond acceptors (Lipinski definition) is 2. The minimum absolute atomic E-state index is 0.482. The van der Waals surface area contributed by atoms with Crippen LogP contribution < -0.4 is 0 Å². The van der Waals surface area contributed by atoms with Crippen LogP contribution in [0.2, 0.25) is 5.28 Å². The third-order valence-corrected chi connectivity index (χ3v) is 4.61. The van der Waals surface area contributed by atoms with Crippen LogP contribution in [-0.2, 0) is 6.54 Å². The molecule has 0 atom stereocenters. The zero-order chi connectivity index (χ0) is 11.2. The molecular weight excluding hydrogens is 222 g/mol. The topological polar surface area (TPSA) is 30.7 Å². The van der Waals surface area contributed by atoms with Crippen LogP contribution in [0.25, 0.3) is 0 Å². The largest absolute Gasteiger partial charge is 0.301 e. The van der Waals surface area contributed by atoms with Gasteiger partial charge >= 0.3 is 0 Å². The van der Waals surface area contributed by atoms with Crippen LogP contribution in [0.3, 0.4) is 0 Å². The first-order valence-corrected chi connectivity index (χ1v) is 6.70. The normalized spacial score (nSPS) is 23.1. The number of rotatable bonds is 4. The maximum absolute atomic E-state index is 6.15. The number of nitrogens with zero attached hydrogens (tertiary/aromatic N) is 3. The van der Waals surface area contributed by atoms with Crippen molar-refractivity contribution in [2.24, 2.45) is 5.41 Å². The highest BCUT2D eigenvalue weighted by Gasteiger charge is 2.38. The summed E-state index contributed by atoms with van der Waals surface area (Å²) >= 11 is 6.15. The average molecular weight is 240 g/mol. The molecule has 0 amide bonds. The number of aromatic nitrogens is 3. The fraction of sp³-hybridized carbons (Fsp3) is 0.833. The lowest BCUT2D eigenvalue weighted by Crippen LogP contribution is -2.34. The third kappa shape index (κ3) is 1.65. The summed E-state index contributed by atoms with van der Waals surface area (Å²) in [5.41, 5.74) is 0.482. The van der Waals surface area contributed by atoms with Gasteiger partial charge in [0.2, 0.25) is 5.28 Å². The van der Waals surface area contributed by atoms with E-state index in [-0.39, 0.29) is 0 Å². The standard InChI is InChI=1S/C12H18ClN3/c1-2-12(6-3-7-12)8-16-10(9-4-5-9)14-15-11(16)13/h9H,2-8H2,1H3. The van der Waals surface area contributed by atoms with Crippen LogP contribution in [0, 0.1) is 5.41 Å². The molecule has 1 heterocycles. The van der Waals surface area contributed by atoms with Gasteiger partial charge in [-0.1, -0.05) is 13.3 Å². The molecule has 16 heavy (non-hydrogen) atoms. The molecule has 0 spiro atoms. The molecule has 3 nitrogen and oxygen atoms in total. The fourth-order valence-electron chi connectivity index (χ4n) is 2.72.